The summed E-state index contributed by atoms with van der Waals surface area (Å²) in [6.45, 7) is 5.38. The summed E-state index contributed by atoms with van der Waals surface area (Å²) in [5, 5.41) is 12.4. The Morgan fingerprint density at radius 2 is 1.80 bits per heavy atom. The first-order chi connectivity index (χ1) is 14.3. The van der Waals surface area contributed by atoms with E-state index in [4.69, 9.17) is 11.6 Å². The standard InChI is InChI=1S/C21H20ClN5O3/c1-11-7-12(2)9-14(8-11)27-20(29)18-19(21(27)30)26(25-24-18)10-17(28)23-16-6-4-5-15(22)13(16)3/h4-9,18-19H,10H2,1-3H3,(H,23,28)/t18-,19+/m1/s1. The summed E-state index contributed by atoms with van der Waals surface area (Å²) in [7, 11) is 0. The lowest BCUT2D eigenvalue weighted by molar-refractivity contribution is -0.123. The lowest BCUT2D eigenvalue weighted by Gasteiger charge is -2.21. The molecule has 30 heavy (non-hydrogen) atoms. The third-order valence-corrected chi connectivity index (χ3v) is 5.58. The van der Waals surface area contributed by atoms with E-state index in [2.05, 4.69) is 15.7 Å². The van der Waals surface area contributed by atoms with Gasteiger partial charge in [-0.2, -0.15) is 5.11 Å². The van der Waals surface area contributed by atoms with Crippen molar-refractivity contribution in [2.45, 2.75) is 32.9 Å². The van der Waals surface area contributed by atoms with E-state index >= 15 is 0 Å². The molecule has 1 fully saturated rings. The van der Waals surface area contributed by atoms with Crippen molar-refractivity contribution in [3.8, 4) is 0 Å². The number of hydrogen-bond acceptors (Lipinski definition) is 6. The molecule has 2 aromatic rings. The number of amides is 3. The molecule has 8 nitrogen and oxygen atoms in total. The number of aryl methyl sites for hydroxylation is 2. The molecule has 3 amide bonds. The maximum absolute atomic E-state index is 13.1. The lowest BCUT2D eigenvalue weighted by atomic mass is 10.1. The molecule has 0 aliphatic carbocycles. The van der Waals surface area contributed by atoms with Crippen LogP contribution >= 0.6 is 11.6 Å². The first-order valence-electron chi connectivity index (χ1n) is 9.45. The average Bonchev–Trinajstić information content (AvgIpc) is 3.18. The second kappa shape index (κ2) is 7.53. The molecule has 0 radical (unpaired) electrons. The molecule has 4 rings (SSSR count). The van der Waals surface area contributed by atoms with Crippen LogP contribution in [0.4, 0.5) is 11.4 Å². The number of imide groups is 1. The summed E-state index contributed by atoms with van der Waals surface area (Å²) >= 11 is 6.09. The minimum atomic E-state index is -0.945. The molecular weight excluding hydrogens is 406 g/mol. The predicted molar refractivity (Wildman–Crippen MR) is 112 cm³/mol. The fourth-order valence-corrected chi connectivity index (χ4v) is 3.94. The average molecular weight is 426 g/mol. The summed E-state index contributed by atoms with van der Waals surface area (Å²) in [6, 6.07) is 8.85. The molecule has 0 bridgehead atoms. The Kier molecular flexibility index (Phi) is 5.03. The van der Waals surface area contributed by atoms with Gasteiger partial charge in [0.15, 0.2) is 12.1 Å². The van der Waals surface area contributed by atoms with Gasteiger partial charge in [0, 0.05) is 10.7 Å². The number of carbonyl (C=O) groups excluding carboxylic acids is 3. The molecule has 154 valence electrons. The van der Waals surface area contributed by atoms with Crippen molar-refractivity contribution in [2.75, 3.05) is 16.8 Å². The largest absolute Gasteiger partial charge is 0.324 e. The predicted octanol–water partition coefficient (Wildman–Crippen LogP) is 3.20. The third-order valence-electron chi connectivity index (χ3n) is 5.17. The van der Waals surface area contributed by atoms with Crippen LogP contribution in [0, 0.1) is 20.8 Å². The van der Waals surface area contributed by atoms with Gasteiger partial charge in [-0.05, 0) is 61.7 Å². The van der Waals surface area contributed by atoms with Crippen molar-refractivity contribution >= 4 is 40.7 Å². The van der Waals surface area contributed by atoms with Gasteiger partial charge in [0.1, 0.15) is 6.54 Å². The van der Waals surface area contributed by atoms with Gasteiger partial charge in [0.2, 0.25) is 5.91 Å². The van der Waals surface area contributed by atoms with Crippen LogP contribution in [0.3, 0.4) is 0 Å². The van der Waals surface area contributed by atoms with E-state index in [1.54, 1.807) is 37.3 Å². The Labute approximate surface area is 178 Å². The Morgan fingerprint density at radius 1 is 1.10 bits per heavy atom. The number of nitrogens with one attached hydrogen (secondary N) is 1. The maximum Gasteiger partial charge on any atom is 0.263 e. The Hall–Kier alpha value is -3.26. The first-order valence-corrected chi connectivity index (χ1v) is 9.82. The van der Waals surface area contributed by atoms with E-state index in [1.807, 2.05) is 19.9 Å². The lowest BCUT2D eigenvalue weighted by Crippen LogP contribution is -2.43. The van der Waals surface area contributed by atoms with Crippen LogP contribution in [0.25, 0.3) is 0 Å². The minimum Gasteiger partial charge on any atom is -0.324 e. The quantitative estimate of drug-likeness (QED) is 0.761. The number of carbonyl (C=O) groups is 3. The summed E-state index contributed by atoms with van der Waals surface area (Å²) in [5.74, 6) is -1.26. The SMILES string of the molecule is Cc1cc(C)cc(N2C(=O)[C@@H]3[C@@H](N=NN3CC(=O)Nc3cccc(Cl)c3C)C2=O)c1. The number of benzene rings is 2. The molecule has 2 heterocycles. The molecule has 9 heteroatoms. The van der Waals surface area contributed by atoms with Gasteiger partial charge < -0.3 is 5.32 Å². The van der Waals surface area contributed by atoms with Gasteiger partial charge >= 0.3 is 0 Å². The van der Waals surface area contributed by atoms with Crippen LogP contribution in [0.2, 0.25) is 5.02 Å². The molecule has 1 saturated heterocycles. The first kappa shape index (κ1) is 20.0. The third kappa shape index (κ3) is 3.43. The molecule has 0 spiro atoms. The van der Waals surface area contributed by atoms with Crippen LogP contribution in [0.1, 0.15) is 16.7 Å². The highest BCUT2D eigenvalue weighted by Crippen LogP contribution is 2.32. The Balaban J connectivity index is 1.52. The van der Waals surface area contributed by atoms with Gasteiger partial charge in [-0.25, -0.2) is 4.90 Å². The zero-order valence-electron chi connectivity index (χ0n) is 16.7. The number of halogens is 1. The number of rotatable bonds is 4. The fraction of sp³-hybridized carbons (Fsp3) is 0.286. The van der Waals surface area contributed by atoms with Crippen LogP contribution in [0.5, 0.6) is 0 Å². The van der Waals surface area contributed by atoms with Gasteiger partial charge in [0.25, 0.3) is 11.8 Å². The van der Waals surface area contributed by atoms with E-state index in [9.17, 15) is 14.4 Å². The number of hydrogen-bond donors (Lipinski definition) is 1. The van der Waals surface area contributed by atoms with Crippen LogP contribution in [-0.4, -0.2) is 41.4 Å². The number of fused-ring (bicyclic) bond motifs is 1. The highest BCUT2D eigenvalue weighted by molar-refractivity contribution is 6.31. The molecule has 0 unspecified atom stereocenters. The van der Waals surface area contributed by atoms with Crippen LogP contribution in [0.15, 0.2) is 46.7 Å². The van der Waals surface area contributed by atoms with Crippen molar-refractivity contribution in [3.05, 3.63) is 58.1 Å². The van der Waals surface area contributed by atoms with E-state index < -0.39 is 23.9 Å². The van der Waals surface area contributed by atoms with Gasteiger partial charge in [-0.1, -0.05) is 29.0 Å². The second-order valence-electron chi connectivity index (χ2n) is 7.51. The monoisotopic (exact) mass is 425 g/mol. The molecular formula is C21H20ClN5O3. The highest BCUT2D eigenvalue weighted by atomic mass is 35.5. The van der Waals surface area contributed by atoms with E-state index in [-0.39, 0.29) is 12.5 Å². The molecule has 1 N–H and O–H groups in total. The van der Waals surface area contributed by atoms with E-state index in [0.29, 0.717) is 16.4 Å². The normalized spacial score (nSPS) is 20.1. The summed E-state index contributed by atoms with van der Waals surface area (Å²) in [6.07, 6.45) is 0. The molecule has 2 aliphatic heterocycles. The van der Waals surface area contributed by atoms with Crippen molar-refractivity contribution in [2.24, 2.45) is 10.3 Å². The summed E-state index contributed by atoms with van der Waals surface area (Å²) in [5.41, 5.74) is 3.70. The summed E-state index contributed by atoms with van der Waals surface area (Å²) < 4.78 is 0. The van der Waals surface area contributed by atoms with Crippen LogP contribution < -0.4 is 10.2 Å². The van der Waals surface area contributed by atoms with Gasteiger partial charge in [-0.3, -0.25) is 19.4 Å². The van der Waals surface area contributed by atoms with Crippen molar-refractivity contribution in [3.63, 3.8) is 0 Å². The van der Waals surface area contributed by atoms with Crippen LogP contribution in [-0.2, 0) is 14.4 Å². The van der Waals surface area contributed by atoms with Gasteiger partial charge in [0.05, 0.1) is 5.69 Å². The highest BCUT2D eigenvalue weighted by Gasteiger charge is 2.55. The maximum atomic E-state index is 13.1. The zero-order valence-corrected chi connectivity index (χ0v) is 17.5. The molecule has 2 aliphatic rings. The van der Waals surface area contributed by atoms with Crippen molar-refractivity contribution in [1.29, 1.82) is 0 Å². The molecule has 2 aromatic carbocycles. The number of nitrogens with zero attached hydrogens (tertiary/aromatic N) is 4. The summed E-state index contributed by atoms with van der Waals surface area (Å²) in [4.78, 5) is 39.6. The van der Waals surface area contributed by atoms with E-state index in [1.165, 1.54) is 5.01 Å². The molecule has 2 atom stereocenters. The molecule has 0 aromatic heterocycles. The fourth-order valence-electron chi connectivity index (χ4n) is 3.77. The second-order valence-corrected chi connectivity index (χ2v) is 7.92. The van der Waals surface area contributed by atoms with E-state index in [0.717, 1.165) is 21.6 Å². The van der Waals surface area contributed by atoms with Gasteiger partial charge in [-0.15, -0.1) is 0 Å². The number of anilines is 2. The minimum absolute atomic E-state index is 0.212. The zero-order chi connectivity index (χ0) is 21.6. The van der Waals surface area contributed by atoms with Crippen molar-refractivity contribution in [1.82, 2.24) is 5.01 Å². The Morgan fingerprint density at radius 3 is 2.50 bits per heavy atom. The Bertz CT molecular complexity index is 1080. The smallest absolute Gasteiger partial charge is 0.263 e. The molecule has 0 saturated carbocycles. The topological polar surface area (TPSA) is 94.4 Å². The van der Waals surface area contributed by atoms with Crippen molar-refractivity contribution < 1.29 is 14.4 Å².